The van der Waals surface area contributed by atoms with E-state index in [2.05, 4.69) is 15.9 Å². The molecular formula is C10H9BrClNO2. The number of nitriles is 1. The third-order valence-electron chi connectivity index (χ3n) is 1.95. The van der Waals surface area contributed by atoms with Crippen molar-refractivity contribution >= 4 is 27.5 Å². The fourth-order valence-corrected chi connectivity index (χ4v) is 1.64. The van der Waals surface area contributed by atoms with Crippen molar-refractivity contribution in [2.75, 3.05) is 0 Å². The summed E-state index contributed by atoms with van der Waals surface area (Å²) in [4.78, 5) is 0. The van der Waals surface area contributed by atoms with Gasteiger partial charge in [0.1, 0.15) is 6.10 Å². The van der Waals surface area contributed by atoms with Crippen molar-refractivity contribution in [2.45, 2.75) is 18.6 Å². The van der Waals surface area contributed by atoms with Gasteiger partial charge in [-0.05, 0) is 33.6 Å². The summed E-state index contributed by atoms with van der Waals surface area (Å²) in [5, 5.41) is 28.0. The first-order valence-electron chi connectivity index (χ1n) is 4.24. The lowest BCUT2D eigenvalue weighted by Crippen LogP contribution is -2.17. The van der Waals surface area contributed by atoms with Gasteiger partial charge < -0.3 is 10.2 Å². The number of aliphatic hydroxyl groups excluding tert-OH is 2. The average Bonchev–Trinajstić information content (AvgIpc) is 2.21. The summed E-state index contributed by atoms with van der Waals surface area (Å²) in [6, 6.07) is 6.64. The lowest BCUT2D eigenvalue weighted by molar-refractivity contribution is 0.0216. The van der Waals surface area contributed by atoms with Crippen molar-refractivity contribution in [2.24, 2.45) is 0 Å². The van der Waals surface area contributed by atoms with Crippen LogP contribution in [0.4, 0.5) is 0 Å². The molecule has 3 nitrogen and oxygen atoms in total. The van der Waals surface area contributed by atoms with Crippen LogP contribution in [0.15, 0.2) is 22.7 Å². The fraction of sp³-hybridized carbons (Fsp3) is 0.300. The summed E-state index contributed by atoms with van der Waals surface area (Å²) in [5.41, 5.74) is 0.522. The highest BCUT2D eigenvalue weighted by molar-refractivity contribution is 9.10. The molecule has 0 saturated carbocycles. The SMILES string of the molecule is N#CCC(O)C(O)c1ccc(Cl)c(Br)c1. The molecule has 0 heterocycles. The van der Waals surface area contributed by atoms with Gasteiger partial charge in [-0.25, -0.2) is 0 Å². The molecule has 1 aromatic carbocycles. The van der Waals surface area contributed by atoms with Gasteiger partial charge in [0, 0.05) is 4.47 Å². The maximum atomic E-state index is 9.67. The van der Waals surface area contributed by atoms with Crippen LogP contribution in [0.3, 0.4) is 0 Å². The van der Waals surface area contributed by atoms with Crippen LogP contribution in [0.5, 0.6) is 0 Å². The Morgan fingerprint density at radius 1 is 1.47 bits per heavy atom. The van der Waals surface area contributed by atoms with Crippen molar-refractivity contribution in [3.05, 3.63) is 33.3 Å². The second-order valence-corrected chi connectivity index (χ2v) is 4.31. The van der Waals surface area contributed by atoms with E-state index in [9.17, 15) is 10.2 Å². The first kappa shape index (κ1) is 12.5. The third kappa shape index (κ3) is 3.18. The second-order valence-electron chi connectivity index (χ2n) is 3.05. The molecule has 0 spiro atoms. The first-order valence-corrected chi connectivity index (χ1v) is 5.41. The van der Waals surface area contributed by atoms with Crippen molar-refractivity contribution in [1.29, 1.82) is 5.26 Å². The molecule has 0 aliphatic rings. The van der Waals surface area contributed by atoms with Crippen LogP contribution in [0.1, 0.15) is 18.1 Å². The number of rotatable bonds is 3. The Morgan fingerprint density at radius 2 is 2.13 bits per heavy atom. The minimum atomic E-state index is -1.08. The standard InChI is InChI=1S/C10H9BrClNO2/c11-7-5-6(1-2-8(7)12)10(15)9(14)3-4-13/h1-2,5,9-10,14-15H,3H2. The molecule has 2 N–H and O–H groups in total. The predicted octanol–water partition coefficient (Wildman–Crippen LogP) is 2.41. The zero-order valence-corrected chi connectivity index (χ0v) is 10.0. The Balaban J connectivity index is 2.87. The Bertz CT molecular complexity index is 391. The average molecular weight is 291 g/mol. The number of hydrogen-bond donors (Lipinski definition) is 2. The van der Waals surface area contributed by atoms with Gasteiger partial charge >= 0.3 is 0 Å². The van der Waals surface area contributed by atoms with Crippen molar-refractivity contribution in [3.63, 3.8) is 0 Å². The second kappa shape index (κ2) is 5.47. The van der Waals surface area contributed by atoms with E-state index < -0.39 is 12.2 Å². The van der Waals surface area contributed by atoms with E-state index in [0.29, 0.717) is 15.1 Å². The Labute approximate surface area is 101 Å². The first-order chi connectivity index (χ1) is 7.06. The van der Waals surface area contributed by atoms with E-state index in [4.69, 9.17) is 16.9 Å². The fourth-order valence-electron chi connectivity index (χ4n) is 1.12. The minimum Gasteiger partial charge on any atom is -0.389 e. The Morgan fingerprint density at radius 3 is 2.67 bits per heavy atom. The number of halogens is 2. The van der Waals surface area contributed by atoms with Crippen molar-refractivity contribution in [1.82, 2.24) is 0 Å². The summed E-state index contributed by atoms with van der Waals surface area (Å²) in [6.07, 6.45) is -2.26. The Hall–Kier alpha value is -0.600. The molecule has 2 atom stereocenters. The molecule has 0 radical (unpaired) electrons. The molecule has 0 amide bonds. The van der Waals surface area contributed by atoms with E-state index in [-0.39, 0.29) is 6.42 Å². The van der Waals surface area contributed by atoms with Gasteiger partial charge in [0.2, 0.25) is 0 Å². The monoisotopic (exact) mass is 289 g/mol. The number of benzene rings is 1. The molecule has 1 rings (SSSR count). The van der Waals surface area contributed by atoms with E-state index in [0.717, 1.165) is 0 Å². The smallest absolute Gasteiger partial charge is 0.106 e. The summed E-state index contributed by atoms with van der Waals surface area (Å²) >= 11 is 9.00. The van der Waals surface area contributed by atoms with Crippen LogP contribution in [0.2, 0.25) is 5.02 Å². The van der Waals surface area contributed by atoms with Crippen molar-refractivity contribution in [3.8, 4) is 6.07 Å². The summed E-state index contributed by atoms with van der Waals surface area (Å²) in [7, 11) is 0. The van der Waals surface area contributed by atoms with Crippen LogP contribution in [-0.2, 0) is 0 Å². The predicted molar refractivity (Wildman–Crippen MR) is 60.3 cm³/mol. The molecule has 5 heteroatoms. The molecule has 0 aromatic heterocycles. The lowest BCUT2D eigenvalue weighted by atomic mass is 10.0. The number of aliphatic hydroxyl groups is 2. The highest BCUT2D eigenvalue weighted by Crippen LogP contribution is 2.27. The number of nitrogens with zero attached hydrogens (tertiary/aromatic N) is 1. The highest BCUT2D eigenvalue weighted by Gasteiger charge is 2.18. The third-order valence-corrected chi connectivity index (χ3v) is 3.16. The number of hydrogen-bond acceptors (Lipinski definition) is 3. The molecule has 0 aliphatic carbocycles. The van der Waals surface area contributed by atoms with Crippen LogP contribution in [-0.4, -0.2) is 16.3 Å². The molecule has 0 fully saturated rings. The maximum absolute atomic E-state index is 9.67. The molecule has 1 aromatic rings. The molecule has 2 unspecified atom stereocenters. The van der Waals surface area contributed by atoms with Gasteiger partial charge in [0.15, 0.2) is 0 Å². The van der Waals surface area contributed by atoms with E-state index in [1.807, 2.05) is 0 Å². The quantitative estimate of drug-likeness (QED) is 0.898. The van der Waals surface area contributed by atoms with Crippen LogP contribution in [0, 0.1) is 11.3 Å². The molecule has 15 heavy (non-hydrogen) atoms. The highest BCUT2D eigenvalue weighted by atomic mass is 79.9. The zero-order chi connectivity index (χ0) is 11.4. The lowest BCUT2D eigenvalue weighted by Gasteiger charge is -2.15. The summed E-state index contributed by atoms with van der Waals surface area (Å²) < 4.78 is 0.643. The molecule has 0 bridgehead atoms. The van der Waals surface area contributed by atoms with Gasteiger partial charge in [-0.3, -0.25) is 0 Å². The normalized spacial score (nSPS) is 14.3. The van der Waals surface area contributed by atoms with Gasteiger partial charge in [0.05, 0.1) is 23.6 Å². The summed E-state index contributed by atoms with van der Waals surface area (Å²) in [5.74, 6) is 0. The molecule has 0 saturated heterocycles. The van der Waals surface area contributed by atoms with Crippen molar-refractivity contribution < 1.29 is 10.2 Å². The van der Waals surface area contributed by atoms with E-state index in [1.165, 1.54) is 0 Å². The van der Waals surface area contributed by atoms with Crippen LogP contribution < -0.4 is 0 Å². The van der Waals surface area contributed by atoms with E-state index >= 15 is 0 Å². The summed E-state index contributed by atoms with van der Waals surface area (Å²) in [6.45, 7) is 0. The largest absolute Gasteiger partial charge is 0.389 e. The van der Waals surface area contributed by atoms with Gasteiger partial charge in [0.25, 0.3) is 0 Å². The molecular weight excluding hydrogens is 281 g/mol. The van der Waals surface area contributed by atoms with Gasteiger partial charge in [-0.1, -0.05) is 17.7 Å². The maximum Gasteiger partial charge on any atom is 0.106 e. The van der Waals surface area contributed by atoms with Gasteiger partial charge in [-0.2, -0.15) is 5.26 Å². The Kier molecular flexibility index (Phi) is 4.55. The zero-order valence-electron chi connectivity index (χ0n) is 7.69. The molecule has 80 valence electrons. The topological polar surface area (TPSA) is 64.2 Å². The molecule has 0 aliphatic heterocycles. The minimum absolute atomic E-state index is 0.110. The van der Waals surface area contributed by atoms with E-state index in [1.54, 1.807) is 24.3 Å². The van der Waals surface area contributed by atoms with Crippen LogP contribution >= 0.6 is 27.5 Å². The van der Waals surface area contributed by atoms with Gasteiger partial charge in [-0.15, -0.1) is 0 Å². The van der Waals surface area contributed by atoms with Crippen LogP contribution in [0.25, 0.3) is 0 Å².